The van der Waals surface area contributed by atoms with E-state index in [0.717, 1.165) is 74.6 Å². The fraction of sp³-hybridized carbons (Fsp3) is 0.122. The number of nitrogens with zero attached hydrogens (tertiary/aromatic N) is 4. The molecule has 1 aliphatic carbocycles. The van der Waals surface area contributed by atoms with Gasteiger partial charge in [0, 0.05) is 27.8 Å². The summed E-state index contributed by atoms with van der Waals surface area (Å²) in [5.41, 5.74) is 10.9. The van der Waals surface area contributed by atoms with Crippen molar-refractivity contribution in [2.24, 2.45) is 0 Å². The Labute approximate surface area is 315 Å². The fourth-order valence-corrected chi connectivity index (χ4v) is 8.27. The maximum Gasteiger partial charge on any atom is 0.164 e. The number of hydrogen-bond acceptors (Lipinski definition) is 5. The molecule has 0 saturated heterocycles. The average Bonchev–Trinajstić information content (AvgIpc) is 3.23. The summed E-state index contributed by atoms with van der Waals surface area (Å²) in [5, 5.41) is 4.69. The van der Waals surface area contributed by atoms with E-state index in [0.29, 0.717) is 17.5 Å². The van der Waals surface area contributed by atoms with E-state index in [-0.39, 0.29) is 0 Å². The van der Waals surface area contributed by atoms with E-state index in [4.69, 9.17) is 19.7 Å². The highest BCUT2D eigenvalue weighted by Gasteiger charge is 2.29. The van der Waals surface area contributed by atoms with Crippen LogP contribution in [0.15, 0.2) is 146 Å². The normalized spacial score (nSPS) is 13.7. The largest absolute Gasteiger partial charge is 0.452 e. The summed E-state index contributed by atoms with van der Waals surface area (Å²) in [6.45, 7) is 4.31. The zero-order valence-electron chi connectivity index (χ0n) is 30.4. The van der Waals surface area contributed by atoms with Gasteiger partial charge in [-0.05, 0) is 114 Å². The number of fused-ring (bicyclic) bond motifs is 6. The molecule has 0 atom stereocenters. The van der Waals surface area contributed by atoms with Gasteiger partial charge in [0.1, 0.15) is 0 Å². The number of rotatable bonds is 5. The summed E-state index contributed by atoms with van der Waals surface area (Å²) in [7, 11) is 0. The second kappa shape index (κ2) is 13.1. The van der Waals surface area contributed by atoms with Gasteiger partial charge in [-0.2, -0.15) is 0 Å². The van der Waals surface area contributed by atoms with Crippen LogP contribution < -0.4 is 9.64 Å². The van der Waals surface area contributed by atoms with Crippen LogP contribution in [0.3, 0.4) is 0 Å². The molecule has 8 aromatic rings. The molecule has 7 aromatic carbocycles. The van der Waals surface area contributed by atoms with Gasteiger partial charge >= 0.3 is 0 Å². The zero-order chi connectivity index (χ0) is 36.2. The third-order valence-electron chi connectivity index (χ3n) is 10.9. The van der Waals surface area contributed by atoms with Gasteiger partial charge in [0.05, 0.1) is 11.4 Å². The van der Waals surface area contributed by atoms with Crippen molar-refractivity contribution >= 4 is 44.2 Å². The van der Waals surface area contributed by atoms with Gasteiger partial charge in [-0.3, -0.25) is 0 Å². The molecule has 54 heavy (non-hydrogen) atoms. The Balaban J connectivity index is 1.10. The Morgan fingerprint density at radius 3 is 1.98 bits per heavy atom. The predicted molar refractivity (Wildman–Crippen MR) is 222 cm³/mol. The zero-order valence-corrected chi connectivity index (χ0v) is 30.4. The van der Waals surface area contributed by atoms with Gasteiger partial charge < -0.3 is 9.64 Å². The number of para-hydroxylation sites is 2. The Morgan fingerprint density at radius 2 is 1.20 bits per heavy atom. The number of benzene rings is 7. The van der Waals surface area contributed by atoms with Gasteiger partial charge in [0.25, 0.3) is 0 Å². The van der Waals surface area contributed by atoms with Crippen molar-refractivity contribution in [2.45, 2.75) is 39.5 Å². The molecule has 260 valence electrons. The molecule has 0 spiro atoms. The summed E-state index contributed by atoms with van der Waals surface area (Å²) < 4.78 is 6.73. The Bertz CT molecular complexity index is 2750. The minimum absolute atomic E-state index is 0.660. The quantitative estimate of drug-likeness (QED) is 0.167. The van der Waals surface area contributed by atoms with Crippen molar-refractivity contribution in [1.29, 1.82) is 0 Å². The lowest BCUT2D eigenvalue weighted by Gasteiger charge is -2.34. The summed E-state index contributed by atoms with van der Waals surface area (Å²) in [4.78, 5) is 17.6. The molecule has 2 aliphatic rings. The molecule has 0 N–H and O–H groups in total. The van der Waals surface area contributed by atoms with E-state index in [2.05, 4.69) is 140 Å². The molecule has 0 unspecified atom stereocenters. The molecule has 0 bridgehead atoms. The van der Waals surface area contributed by atoms with Crippen LogP contribution in [-0.4, -0.2) is 15.0 Å². The Morgan fingerprint density at radius 1 is 0.537 bits per heavy atom. The standard InChI is InChI=1S/C49H38N4O/c1-31-29-38(53-42-19-11-12-20-44(42)54-46-41-26-25-35-15-9-10-18-39(35)40(41)27-28-43(46)53)30-32(2)45(31)49-51-47(36-16-7-4-8-17-36)50-48(52-49)37-23-21-34(22-24-37)33-13-5-3-6-14-33/h4,7-13,15-30H,3,5-6,14H2,1-2H3. The molecule has 1 aromatic heterocycles. The van der Waals surface area contributed by atoms with Crippen molar-refractivity contribution in [3.8, 4) is 45.7 Å². The molecule has 5 heteroatoms. The minimum atomic E-state index is 0.660. The number of hydrogen-bond donors (Lipinski definition) is 0. The van der Waals surface area contributed by atoms with E-state index in [1.54, 1.807) is 0 Å². The van der Waals surface area contributed by atoms with E-state index in [1.807, 2.05) is 24.3 Å². The molecule has 1 aliphatic heterocycles. The van der Waals surface area contributed by atoms with E-state index in [9.17, 15) is 0 Å². The second-order valence-electron chi connectivity index (χ2n) is 14.4. The van der Waals surface area contributed by atoms with Crippen LogP contribution in [-0.2, 0) is 0 Å². The van der Waals surface area contributed by atoms with Crippen molar-refractivity contribution in [2.75, 3.05) is 4.90 Å². The highest BCUT2D eigenvalue weighted by molar-refractivity contribution is 6.12. The molecule has 0 fully saturated rings. The summed E-state index contributed by atoms with van der Waals surface area (Å²) in [6.07, 6.45) is 7.21. The first-order chi connectivity index (χ1) is 26.6. The number of ether oxygens (including phenoxy) is 1. The van der Waals surface area contributed by atoms with Crippen LogP contribution in [0.4, 0.5) is 17.1 Å². The maximum absolute atomic E-state index is 6.73. The number of anilines is 3. The summed E-state index contributed by atoms with van der Waals surface area (Å²) in [5.74, 6) is 3.68. The minimum Gasteiger partial charge on any atom is -0.452 e. The lowest BCUT2D eigenvalue weighted by atomic mass is 9.93. The predicted octanol–water partition coefficient (Wildman–Crippen LogP) is 13.3. The lowest BCUT2D eigenvalue weighted by molar-refractivity contribution is 0.482. The highest BCUT2D eigenvalue weighted by Crippen LogP contribution is 2.54. The van der Waals surface area contributed by atoms with Gasteiger partial charge in [-0.1, -0.05) is 109 Å². The molecular weight excluding hydrogens is 661 g/mol. The van der Waals surface area contributed by atoms with Crippen LogP contribution in [0.2, 0.25) is 0 Å². The number of allylic oxidation sites excluding steroid dienone is 2. The molecule has 5 nitrogen and oxygen atoms in total. The van der Waals surface area contributed by atoms with Crippen molar-refractivity contribution < 1.29 is 4.74 Å². The summed E-state index contributed by atoms with van der Waals surface area (Å²) >= 11 is 0. The first-order valence-corrected chi connectivity index (χ1v) is 18.8. The molecule has 0 radical (unpaired) electrons. The Kier molecular flexibility index (Phi) is 7.80. The van der Waals surface area contributed by atoms with Gasteiger partial charge in [0.2, 0.25) is 0 Å². The second-order valence-corrected chi connectivity index (χ2v) is 14.4. The first kappa shape index (κ1) is 32.1. The number of aromatic nitrogens is 3. The number of aryl methyl sites for hydroxylation is 2. The molecule has 2 heterocycles. The van der Waals surface area contributed by atoms with Gasteiger partial charge in [-0.15, -0.1) is 0 Å². The topological polar surface area (TPSA) is 51.1 Å². The van der Waals surface area contributed by atoms with Crippen LogP contribution in [0.5, 0.6) is 11.5 Å². The summed E-state index contributed by atoms with van der Waals surface area (Å²) in [6, 6.07) is 49.0. The third-order valence-corrected chi connectivity index (χ3v) is 10.9. The average molecular weight is 699 g/mol. The molecule has 10 rings (SSSR count). The molecule has 0 amide bonds. The van der Waals surface area contributed by atoms with Gasteiger partial charge in [-0.25, -0.2) is 15.0 Å². The first-order valence-electron chi connectivity index (χ1n) is 18.8. The van der Waals surface area contributed by atoms with Crippen molar-refractivity contribution in [3.05, 3.63) is 162 Å². The van der Waals surface area contributed by atoms with Crippen LogP contribution in [0.1, 0.15) is 42.4 Å². The van der Waals surface area contributed by atoms with E-state index in [1.165, 1.54) is 40.1 Å². The van der Waals surface area contributed by atoms with E-state index < -0.39 is 0 Å². The van der Waals surface area contributed by atoms with Crippen LogP contribution in [0, 0.1) is 13.8 Å². The van der Waals surface area contributed by atoms with Crippen LogP contribution in [0.25, 0.3) is 61.3 Å². The molecule has 0 saturated carbocycles. The lowest BCUT2D eigenvalue weighted by Crippen LogP contribution is -2.16. The monoisotopic (exact) mass is 698 g/mol. The fourth-order valence-electron chi connectivity index (χ4n) is 8.27. The van der Waals surface area contributed by atoms with Crippen LogP contribution >= 0.6 is 0 Å². The third kappa shape index (κ3) is 5.52. The SMILES string of the molecule is Cc1cc(N2c3ccccc3Oc3c2ccc2c3ccc3ccccc32)cc(C)c1-c1nc(-c2ccccc2)nc(-c2ccc(C3=CCCCC3)cc2)n1. The highest BCUT2D eigenvalue weighted by atomic mass is 16.5. The Hall–Kier alpha value is -6.59. The molecular formula is C49H38N4O. The van der Waals surface area contributed by atoms with E-state index >= 15 is 0 Å². The van der Waals surface area contributed by atoms with Gasteiger partial charge in [0.15, 0.2) is 29.0 Å². The van der Waals surface area contributed by atoms with Crippen molar-refractivity contribution in [1.82, 2.24) is 15.0 Å². The smallest absolute Gasteiger partial charge is 0.164 e. The van der Waals surface area contributed by atoms with Crippen molar-refractivity contribution in [3.63, 3.8) is 0 Å². The maximum atomic E-state index is 6.73.